The quantitative estimate of drug-likeness (QED) is 0.693. The summed E-state index contributed by atoms with van der Waals surface area (Å²) in [5, 5.41) is 0.706. The summed E-state index contributed by atoms with van der Waals surface area (Å²) in [6, 6.07) is 11.5. The number of aryl methyl sites for hydroxylation is 1. The second-order valence-corrected chi connectivity index (χ2v) is 8.31. The summed E-state index contributed by atoms with van der Waals surface area (Å²) in [6.07, 6.45) is 0.901. The lowest BCUT2D eigenvalue weighted by molar-refractivity contribution is -0.858. The number of hydrogen-bond donors (Lipinski definition) is 1. The maximum Gasteiger partial charge on any atom is 0.260 e. The van der Waals surface area contributed by atoms with Crippen molar-refractivity contribution >= 4 is 32.6 Å². The first-order valence-electron chi connectivity index (χ1n) is 9.39. The Labute approximate surface area is 168 Å². The molecule has 0 fully saturated rings. The van der Waals surface area contributed by atoms with Gasteiger partial charge in [0.15, 0.2) is 16.6 Å². The Morgan fingerprint density at radius 3 is 2.61 bits per heavy atom. The van der Waals surface area contributed by atoms with Crippen LogP contribution in [0.5, 0.6) is 11.5 Å². The Morgan fingerprint density at radius 1 is 1.18 bits per heavy atom. The number of amides is 1. The summed E-state index contributed by atoms with van der Waals surface area (Å²) in [4.78, 5) is 21.1. The molecule has 2 heterocycles. The number of nitrogens with one attached hydrogen (secondary N) is 1. The molecule has 0 saturated carbocycles. The minimum absolute atomic E-state index is 0.0205. The van der Waals surface area contributed by atoms with Crippen molar-refractivity contribution in [3.63, 3.8) is 0 Å². The number of ether oxygens (including phenoxy) is 2. The number of carbonyl (C=O) groups is 1. The Morgan fingerprint density at radius 2 is 1.89 bits per heavy atom. The van der Waals surface area contributed by atoms with Gasteiger partial charge in [-0.05, 0) is 19.1 Å². The number of fused-ring (bicyclic) bond motifs is 2. The summed E-state index contributed by atoms with van der Waals surface area (Å²) in [6.45, 7) is 3.87. The lowest BCUT2D eigenvalue weighted by Gasteiger charge is -2.20. The van der Waals surface area contributed by atoms with Crippen molar-refractivity contribution in [2.75, 3.05) is 38.9 Å². The van der Waals surface area contributed by atoms with Crippen LogP contribution in [0.2, 0.25) is 0 Å². The van der Waals surface area contributed by atoms with Crippen LogP contribution in [0.15, 0.2) is 36.4 Å². The molecule has 0 unspecified atom stereocenters. The molecule has 0 radical (unpaired) electrons. The number of nitrogens with zero attached hydrogens (tertiary/aromatic N) is 2. The molecule has 1 aliphatic heterocycles. The van der Waals surface area contributed by atoms with Gasteiger partial charge in [0, 0.05) is 30.7 Å². The molecule has 2 aromatic carbocycles. The molecule has 28 heavy (non-hydrogen) atoms. The normalized spacial score (nSPS) is 12.7. The summed E-state index contributed by atoms with van der Waals surface area (Å²) in [5.41, 5.74) is 2.63. The molecule has 146 valence electrons. The fourth-order valence-corrected chi connectivity index (χ4v) is 4.15. The molecule has 0 bridgehead atoms. The molecule has 0 atom stereocenters. The fourth-order valence-electron chi connectivity index (χ4n) is 3.15. The third kappa shape index (κ3) is 3.81. The first kappa shape index (κ1) is 18.7. The number of aromatic nitrogens is 1. The van der Waals surface area contributed by atoms with Crippen LogP contribution >= 0.6 is 11.3 Å². The van der Waals surface area contributed by atoms with Crippen LogP contribution in [-0.2, 0) is 0 Å². The van der Waals surface area contributed by atoms with Gasteiger partial charge in [0.1, 0.15) is 0 Å². The topological polar surface area (TPSA) is 56.1 Å². The lowest BCUT2D eigenvalue weighted by Crippen LogP contribution is -3.05. The van der Waals surface area contributed by atoms with Gasteiger partial charge >= 0.3 is 0 Å². The van der Waals surface area contributed by atoms with E-state index in [4.69, 9.17) is 14.5 Å². The number of thiazole rings is 1. The van der Waals surface area contributed by atoms with Crippen molar-refractivity contribution in [3.8, 4) is 11.5 Å². The van der Waals surface area contributed by atoms with E-state index in [2.05, 4.69) is 14.1 Å². The van der Waals surface area contributed by atoms with Crippen LogP contribution in [0.1, 0.15) is 22.3 Å². The van der Waals surface area contributed by atoms with Gasteiger partial charge < -0.3 is 14.4 Å². The third-order valence-corrected chi connectivity index (χ3v) is 5.75. The van der Waals surface area contributed by atoms with E-state index in [1.165, 1.54) is 16.2 Å². The van der Waals surface area contributed by atoms with Crippen LogP contribution < -0.4 is 19.3 Å². The van der Waals surface area contributed by atoms with Crippen molar-refractivity contribution in [2.24, 2.45) is 0 Å². The Hall–Kier alpha value is -2.64. The van der Waals surface area contributed by atoms with Gasteiger partial charge in [-0.1, -0.05) is 29.0 Å². The van der Waals surface area contributed by atoms with E-state index < -0.39 is 0 Å². The third-order valence-electron chi connectivity index (χ3n) is 4.70. The van der Waals surface area contributed by atoms with E-state index in [0.717, 1.165) is 34.5 Å². The number of carbonyl (C=O) groups excluding carboxylic acids is 1. The van der Waals surface area contributed by atoms with Crippen molar-refractivity contribution in [3.05, 3.63) is 47.5 Å². The number of hydrogen-bond acceptors (Lipinski definition) is 5. The molecule has 1 amide bonds. The van der Waals surface area contributed by atoms with E-state index in [1.54, 1.807) is 4.90 Å². The van der Waals surface area contributed by atoms with Crippen LogP contribution in [-0.4, -0.2) is 44.9 Å². The molecule has 1 aliphatic rings. The Bertz CT molecular complexity index is 957. The number of rotatable bonds is 6. The second kappa shape index (κ2) is 7.77. The molecule has 0 spiro atoms. The molecule has 3 aromatic rings. The van der Waals surface area contributed by atoms with E-state index in [0.29, 0.717) is 23.0 Å². The standard InChI is InChI=1S/C21H23N3O3S/c1-14-5-7-15(8-6-14)20(25)24(10-4-9-23(2)3)21-22-16-11-17-18(27-13-26-17)12-19(16)28-21/h5-8,11-12H,4,9-10,13H2,1-3H3/p+1. The molecule has 0 aliphatic carbocycles. The summed E-state index contributed by atoms with van der Waals surface area (Å²) in [7, 11) is 4.23. The molecule has 0 saturated heterocycles. The number of anilines is 1. The van der Waals surface area contributed by atoms with Crippen LogP contribution in [0.25, 0.3) is 10.2 Å². The minimum Gasteiger partial charge on any atom is -0.454 e. The second-order valence-electron chi connectivity index (χ2n) is 7.30. The van der Waals surface area contributed by atoms with Crippen LogP contribution in [0, 0.1) is 6.92 Å². The Kier molecular flexibility index (Phi) is 5.19. The molecular formula is C21H24N3O3S+. The predicted molar refractivity (Wildman–Crippen MR) is 111 cm³/mol. The van der Waals surface area contributed by atoms with Gasteiger partial charge in [-0.15, -0.1) is 0 Å². The molecule has 1 aromatic heterocycles. The van der Waals surface area contributed by atoms with E-state index in [9.17, 15) is 4.79 Å². The summed E-state index contributed by atoms with van der Waals surface area (Å²) >= 11 is 1.51. The SMILES string of the molecule is Cc1ccc(C(=O)N(CCC[NH+](C)C)c2nc3cc4c(cc3s2)OCO4)cc1. The largest absolute Gasteiger partial charge is 0.454 e. The maximum absolute atomic E-state index is 13.2. The van der Waals surface area contributed by atoms with Crippen molar-refractivity contribution in [1.82, 2.24) is 4.98 Å². The highest BCUT2D eigenvalue weighted by Gasteiger charge is 2.23. The smallest absolute Gasteiger partial charge is 0.260 e. The van der Waals surface area contributed by atoms with E-state index >= 15 is 0 Å². The van der Waals surface area contributed by atoms with Crippen LogP contribution in [0.3, 0.4) is 0 Å². The van der Waals surface area contributed by atoms with E-state index in [-0.39, 0.29) is 12.7 Å². The van der Waals surface area contributed by atoms with Crippen molar-refractivity contribution < 1.29 is 19.2 Å². The van der Waals surface area contributed by atoms with Crippen molar-refractivity contribution in [2.45, 2.75) is 13.3 Å². The zero-order valence-electron chi connectivity index (χ0n) is 16.3. The molecule has 7 heteroatoms. The number of quaternary nitrogens is 1. The number of benzene rings is 2. The molecule has 1 N–H and O–H groups in total. The molecule has 4 rings (SSSR count). The highest BCUT2D eigenvalue weighted by Crippen LogP contribution is 2.40. The minimum atomic E-state index is -0.0205. The van der Waals surface area contributed by atoms with Gasteiger partial charge in [0.2, 0.25) is 6.79 Å². The van der Waals surface area contributed by atoms with Gasteiger partial charge in [-0.25, -0.2) is 4.98 Å². The van der Waals surface area contributed by atoms with Gasteiger partial charge in [0.25, 0.3) is 5.91 Å². The Balaban J connectivity index is 1.66. The maximum atomic E-state index is 13.2. The van der Waals surface area contributed by atoms with Gasteiger partial charge in [-0.2, -0.15) is 0 Å². The highest BCUT2D eigenvalue weighted by molar-refractivity contribution is 7.22. The van der Waals surface area contributed by atoms with Gasteiger partial charge in [-0.3, -0.25) is 9.69 Å². The summed E-state index contributed by atoms with van der Waals surface area (Å²) < 4.78 is 11.9. The van der Waals surface area contributed by atoms with E-state index in [1.807, 2.05) is 43.3 Å². The monoisotopic (exact) mass is 398 g/mol. The zero-order chi connectivity index (χ0) is 19.7. The molecular weight excluding hydrogens is 374 g/mol. The lowest BCUT2D eigenvalue weighted by atomic mass is 10.1. The molecule has 6 nitrogen and oxygen atoms in total. The average molecular weight is 399 g/mol. The fraction of sp³-hybridized carbons (Fsp3) is 0.333. The first-order chi connectivity index (χ1) is 13.5. The average Bonchev–Trinajstić information content (AvgIpc) is 3.28. The zero-order valence-corrected chi connectivity index (χ0v) is 17.1. The highest BCUT2D eigenvalue weighted by atomic mass is 32.1. The predicted octanol–water partition coefficient (Wildman–Crippen LogP) is 2.51. The summed E-state index contributed by atoms with van der Waals surface area (Å²) in [5.74, 6) is 1.42. The van der Waals surface area contributed by atoms with Crippen LogP contribution in [0.4, 0.5) is 5.13 Å². The van der Waals surface area contributed by atoms with Crippen molar-refractivity contribution in [1.29, 1.82) is 0 Å². The first-order valence-corrected chi connectivity index (χ1v) is 10.2. The van der Waals surface area contributed by atoms with Gasteiger partial charge in [0.05, 0.1) is 30.9 Å².